The Morgan fingerprint density at radius 1 is 0.161 bits per heavy atom. The molecule has 0 aliphatic carbocycles. The maximum absolute atomic E-state index is 4.43. The first-order valence-corrected chi connectivity index (χ1v) is 37.5. The molecule has 0 N–H and O–H groups in total. The van der Waals surface area contributed by atoms with Crippen LogP contribution in [0.15, 0.2) is 414 Å². The smallest absolute Gasteiger partial charge is 0.0708 e. The van der Waals surface area contributed by atoms with Crippen LogP contribution in [0.2, 0.25) is 0 Å². The van der Waals surface area contributed by atoms with E-state index in [1.165, 1.54) is 138 Å². The van der Waals surface area contributed by atoms with E-state index in [0.717, 1.165) is 17.1 Å². The molecule has 8 aromatic heterocycles. The third-order valence-electron chi connectivity index (χ3n) is 18.3. The Labute approximate surface area is 660 Å². The van der Waals surface area contributed by atoms with Gasteiger partial charge in [-0.3, -0.25) is 39.9 Å². The largest absolute Gasteiger partial charge is 0.265 e. The standard InChI is InChI=1S/2C16H13N.6C12H11N/c1-12-8-9-15(13-5-4-10-17-11-13)16-7-3-2-6-14(12)16;1-12-9-10-15(16-8-4-5-11-17-16)14-7-3-2-6-13(12)14;1-10-2-4-11(5-3-10)12-6-8-13-9-7-12;1-10-4-2-5-11(8-10)12-6-3-7-13-9-12;1-10-4-6-11(7-5-10)12-3-2-8-13-9-12;1-10-5-4-6-11(9-10)12-7-2-3-8-13-12;1-10-3-2-4-12(9-10)11-5-7-13-8-6-11;1-10-5-7-11(8-6-10)12-4-2-3-9-13-12/h2*2-11H,1H3;6*2-9H,1H3. The van der Waals surface area contributed by atoms with Gasteiger partial charge in [0.15, 0.2) is 0 Å². The summed E-state index contributed by atoms with van der Waals surface area (Å²) in [6.45, 7) is 16.8. The van der Waals surface area contributed by atoms with Gasteiger partial charge in [-0.05, 0) is 223 Å². The number of aromatic nitrogens is 8. The molecule has 8 heterocycles. The van der Waals surface area contributed by atoms with Gasteiger partial charge in [-0.2, -0.15) is 0 Å². The van der Waals surface area contributed by atoms with E-state index in [2.05, 4.69) is 338 Å². The number of fused-ring (bicyclic) bond motifs is 2. The molecule has 10 aromatic carbocycles. The summed E-state index contributed by atoms with van der Waals surface area (Å²) in [5, 5.41) is 5.18. The summed E-state index contributed by atoms with van der Waals surface area (Å²) in [6, 6.07) is 114. The van der Waals surface area contributed by atoms with Crippen molar-refractivity contribution >= 4 is 21.5 Å². The van der Waals surface area contributed by atoms with Crippen LogP contribution in [-0.4, -0.2) is 39.9 Å². The van der Waals surface area contributed by atoms with E-state index in [0.29, 0.717) is 0 Å². The summed E-state index contributed by atoms with van der Waals surface area (Å²) < 4.78 is 0. The fourth-order valence-corrected chi connectivity index (χ4v) is 12.3. The van der Waals surface area contributed by atoms with Gasteiger partial charge in [-0.15, -0.1) is 0 Å². The van der Waals surface area contributed by atoms with E-state index in [-0.39, 0.29) is 0 Å². The van der Waals surface area contributed by atoms with Gasteiger partial charge in [0.2, 0.25) is 0 Å². The minimum Gasteiger partial charge on any atom is -0.265 e. The topological polar surface area (TPSA) is 103 Å². The fraction of sp³-hybridized carbons (Fsp3) is 0.0769. The van der Waals surface area contributed by atoms with Gasteiger partial charge in [0.05, 0.1) is 17.1 Å². The molecule has 0 radical (unpaired) electrons. The highest BCUT2D eigenvalue weighted by molar-refractivity contribution is 5.99. The number of nitrogens with zero attached hydrogens (tertiary/aromatic N) is 8. The number of pyridine rings is 8. The Kier molecular flexibility index (Phi) is 29.5. The third-order valence-corrected chi connectivity index (χ3v) is 18.3. The Hall–Kier alpha value is -14.1. The molecule has 0 amide bonds. The SMILES string of the molecule is Cc1ccc(-c2ccccn2)c2ccccc12.Cc1ccc(-c2ccccn2)cc1.Cc1ccc(-c2cccnc2)c2ccccc12.Cc1ccc(-c2cccnc2)cc1.Cc1ccc(-c2ccncc2)cc1.Cc1cccc(-c2ccccn2)c1.Cc1cccc(-c2cccnc2)c1.Cc1cccc(-c2ccncc2)c1. The highest BCUT2D eigenvalue weighted by Crippen LogP contribution is 2.32. The van der Waals surface area contributed by atoms with Crippen LogP contribution >= 0.6 is 0 Å². The van der Waals surface area contributed by atoms with Crippen molar-refractivity contribution in [2.75, 3.05) is 0 Å². The Bertz CT molecular complexity index is 5280. The molecule has 8 nitrogen and oxygen atoms in total. The first kappa shape index (κ1) is 79.0. The van der Waals surface area contributed by atoms with Gasteiger partial charge >= 0.3 is 0 Å². The second-order valence-corrected chi connectivity index (χ2v) is 27.0. The van der Waals surface area contributed by atoms with E-state index in [4.69, 9.17) is 0 Å². The number of aryl methyl sites for hydroxylation is 8. The molecule has 0 aliphatic rings. The van der Waals surface area contributed by atoms with Gasteiger partial charge in [0.25, 0.3) is 0 Å². The van der Waals surface area contributed by atoms with Crippen molar-refractivity contribution in [2.45, 2.75) is 55.4 Å². The number of hydrogen-bond acceptors (Lipinski definition) is 8. The van der Waals surface area contributed by atoms with Crippen LogP contribution in [0.1, 0.15) is 44.5 Å². The number of benzene rings is 10. The van der Waals surface area contributed by atoms with E-state index >= 15 is 0 Å². The zero-order valence-electron chi connectivity index (χ0n) is 64.8. The minimum atomic E-state index is 1.03. The summed E-state index contributed by atoms with van der Waals surface area (Å²) in [7, 11) is 0. The Morgan fingerprint density at radius 2 is 0.482 bits per heavy atom. The van der Waals surface area contributed by atoms with Crippen LogP contribution < -0.4 is 0 Å². The van der Waals surface area contributed by atoms with Gasteiger partial charge in [-0.1, -0.05) is 282 Å². The highest BCUT2D eigenvalue weighted by atomic mass is 14.7. The average Bonchev–Trinajstić information content (AvgIpc) is 0.797. The van der Waals surface area contributed by atoms with Crippen LogP contribution in [0.25, 0.3) is 111 Å². The Morgan fingerprint density at radius 3 is 0.902 bits per heavy atom. The quantitative estimate of drug-likeness (QED) is 0.148. The van der Waals surface area contributed by atoms with E-state index in [9.17, 15) is 0 Å². The lowest BCUT2D eigenvalue weighted by atomic mass is 9.96. The first-order valence-electron chi connectivity index (χ1n) is 37.5. The number of hydrogen-bond donors (Lipinski definition) is 0. The zero-order chi connectivity index (χ0) is 77.9. The van der Waals surface area contributed by atoms with Crippen LogP contribution in [0.5, 0.6) is 0 Å². The second-order valence-electron chi connectivity index (χ2n) is 27.0. The molecule has 0 aliphatic heterocycles. The van der Waals surface area contributed by atoms with Crippen molar-refractivity contribution in [2.24, 2.45) is 0 Å². The van der Waals surface area contributed by atoms with Crippen molar-refractivity contribution < 1.29 is 0 Å². The zero-order valence-corrected chi connectivity index (χ0v) is 64.8. The van der Waals surface area contributed by atoms with Crippen LogP contribution in [0.4, 0.5) is 0 Å². The summed E-state index contributed by atoms with van der Waals surface area (Å²) in [4.78, 5) is 33.3. The molecule has 0 fully saturated rings. The third kappa shape index (κ3) is 24.0. The van der Waals surface area contributed by atoms with Crippen molar-refractivity contribution in [3.8, 4) is 89.4 Å². The molecule has 18 rings (SSSR count). The van der Waals surface area contributed by atoms with Crippen molar-refractivity contribution in [3.63, 3.8) is 0 Å². The Balaban J connectivity index is 0.000000127. The van der Waals surface area contributed by atoms with Gasteiger partial charge in [0.1, 0.15) is 0 Å². The predicted molar refractivity (Wildman–Crippen MR) is 470 cm³/mol. The molecule has 0 unspecified atom stereocenters. The molecule has 0 spiro atoms. The highest BCUT2D eigenvalue weighted by Gasteiger charge is 2.08. The summed E-state index contributed by atoms with van der Waals surface area (Å²) in [5.74, 6) is 0. The lowest BCUT2D eigenvalue weighted by molar-refractivity contribution is 1.32. The van der Waals surface area contributed by atoms with E-state index in [1.54, 1.807) is 18.6 Å². The maximum Gasteiger partial charge on any atom is 0.0708 e. The minimum absolute atomic E-state index is 1.03. The van der Waals surface area contributed by atoms with Crippen molar-refractivity contribution in [1.82, 2.24) is 39.9 Å². The van der Waals surface area contributed by atoms with Crippen molar-refractivity contribution in [3.05, 3.63) is 459 Å². The molecule has 8 heteroatoms. The molecule has 548 valence electrons. The van der Waals surface area contributed by atoms with E-state index < -0.39 is 0 Å². The van der Waals surface area contributed by atoms with Crippen LogP contribution in [-0.2, 0) is 0 Å². The van der Waals surface area contributed by atoms with Gasteiger partial charge in [0, 0.05) is 103 Å². The van der Waals surface area contributed by atoms with Crippen molar-refractivity contribution in [1.29, 1.82) is 0 Å². The van der Waals surface area contributed by atoms with Crippen LogP contribution in [0, 0.1) is 55.4 Å². The fourth-order valence-electron chi connectivity index (χ4n) is 12.3. The average molecular weight is 1450 g/mol. The molecule has 0 bridgehead atoms. The summed E-state index contributed by atoms with van der Waals surface area (Å²) in [5.41, 5.74) is 29.1. The monoisotopic (exact) mass is 1450 g/mol. The molecule has 18 aromatic rings. The summed E-state index contributed by atoms with van der Waals surface area (Å²) in [6.07, 6.45) is 23.8. The molecular weight excluding hydrogens is 1360 g/mol. The molecule has 112 heavy (non-hydrogen) atoms. The van der Waals surface area contributed by atoms with Gasteiger partial charge in [-0.25, -0.2) is 0 Å². The lowest BCUT2D eigenvalue weighted by Gasteiger charge is -2.08. The molecular formula is C104H92N8. The van der Waals surface area contributed by atoms with Gasteiger partial charge < -0.3 is 0 Å². The normalized spacial score (nSPS) is 10.1. The van der Waals surface area contributed by atoms with Crippen LogP contribution in [0.3, 0.4) is 0 Å². The maximum atomic E-state index is 4.43. The predicted octanol–water partition coefficient (Wildman–Crippen LogP) is 26.8. The lowest BCUT2D eigenvalue weighted by Crippen LogP contribution is -1.86. The number of rotatable bonds is 8. The molecule has 0 saturated heterocycles. The second kappa shape index (κ2) is 41.9. The van der Waals surface area contributed by atoms with E-state index in [1.807, 2.05) is 153 Å². The molecule has 0 saturated carbocycles. The first-order chi connectivity index (χ1) is 54.9. The molecule has 0 atom stereocenters. The summed E-state index contributed by atoms with van der Waals surface area (Å²) >= 11 is 0.